The summed E-state index contributed by atoms with van der Waals surface area (Å²) in [5.41, 5.74) is 0.766. The van der Waals surface area contributed by atoms with Crippen molar-refractivity contribution in [2.75, 3.05) is 17.7 Å². The Labute approximate surface area is 136 Å². The standard InChI is InChI=1S/C16H21ClN4O/c1-5-10(2)18-15-9-16(20-11(3)19-15)21-13-8-12(17)6-7-14(13)22-4/h6-10H,5H2,1-4H3,(H2,18,19,20,21). The fourth-order valence-electron chi connectivity index (χ4n) is 1.98. The van der Waals surface area contributed by atoms with Crippen molar-refractivity contribution in [3.63, 3.8) is 0 Å². The summed E-state index contributed by atoms with van der Waals surface area (Å²) in [6.45, 7) is 6.11. The predicted molar refractivity (Wildman–Crippen MR) is 91.4 cm³/mol. The highest BCUT2D eigenvalue weighted by Gasteiger charge is 2.08. The summed E-state index contributed by atoms with van der Waals surface area (Å²) in [5.74, 6) is 2.89. The lowest BCUT2D eigenvalue weighted by Crippen LogP contribution is -2.15. The number of rotatable bonds is 6. The molecule has 0 fully saturated rings. The average Bonchev–Trinajstić information content (AvgIpc) is 2.46. The number of halogens is 1. The van der Waals surface area contributed by atoms with E-state index in [0.29, 0.717) is 28.5 Å². The number of benzene rings is 1. The number of aryl methyl sites for hydroxylation is 1. The van der Waals surface area contributed by atoms with E-state index in [1.165, 1.54) is 0 Å². The molecule has 2 aromatic rings. The van der Waals surface area contributed by atoms with Gasteiger partial charge in [0.2, 0.25) is 0 Å². The van der Waals surface area contributed by atoms with E-state index in [-0.39, 0.29) is 0 Å². The maximum Gasteiger partial charge on any atom is 0.142 e. The van der Waals surface area contributed by atoms with Crippen LogP contribution in [0.5, 0.6) is 5.75 Å². The Morgan fingerprint density at radius 1 is 1.23 bits per heavy atom. The molecule has 1 aromatic carbocycles. The molecule has 6 heteroatoms. The molecule has 0 bridgehead atoms. The molecule has 1 heterocycles. The highest BCUT2D eigenvalue weighted by atomic mass is 35.5. The van der Waals surface area contributed by atoms with E-state index in [2.05, 4.69) is 34.4 Å². The van der Waals surface area contributed by atoms with Crippen LogP contribution in [0.15, 0.2) is 24.3 Å². The summed E-state index contributed by atoms with van der Waals surface area (Å²) < 4.78 is 5.33. The van der Waals surface area contributed by atoms with Gasteiger partial charge in [0, 0.05) is 17.1 Å². The lowest BCUT2D eigenvalue weighted by Gasteiger charge is -2.15. The van der Waals surface area contributed by atoms with Crippen molar-refractivity contribution in [1.29, 1.82) is 0 Å². The first-order valence-electron chi connectivity index (χ1n) is 7.24. The van der Waals surface area contributed by atoms with Crippen LogP contribution in [-0.4, -0.2) is 23.1 Å². The van der Waals surface area contributed by atoms with Crippen LogP contribution in [0.4, 0.5) is 17.3 Å². The zero-order chi connectivity index (χ0) is 16.1. The SMILES string of the molecule is CCC(C)Nc1cc(Nc2cc(Cl)ccc2OC)nc(C)n1. The third-order valence-corrected chi connectivity index (χ3v) is 3.50. The Bertz CT molecular complexity index is 648. The van der Waals surface area contributed by atoms with E-state index < -0.39 is 0 Å². The van der Waals surface area contributed by atoms with Gasteiger partial charge in [-0.15, -0.1) is 0 Å². The van der Waals surface area contributed by atoms with Gasteiger partial charge in [-0.3, -0.25) is 0 Å². The second-order valence-electron chi connectivity index (χ2n) is 5.11. The van der Waals surface area contributed by atoms with Gasteiger partial charge in [-0.1, -0.05) is 18.5 Å². The Kier molecular flexibility index (Phi) is 5.44. The first-order chi connectivity index (χ1) is 10.5. The van der Waals surface area contributed by atoms with Crippen LogP contribution in [0.3, 0.4) is 0 Å². The van der Waals surface area contributed by atoms with E-state index in [9.17, 15) is 0 Å². The van der Waals surface area contributed by atoms with Crippen LogP contribution in [0.1, 0.15) is 26.1 Å². The molecule has 0 aliphatic heterocycles. The molecule has 2 N–H and O–H groups in total. The molecule has 1 unspecified atom stereocenters. The minimum Gasteiger partial charge on any atom is -0.495 e. The molecule has 118 valence electrons. The predicted octanol–water partition coefficient (Wildman–Crippen LogP) is 4.40. The molecule has 1 atom stereocenters. The smallest absolute Gasteiger partial charge is 0.142 e. The quantitative estimate of drug-likeness (QED) is 0.826. The van der Waals surface area contributed by atoms with E-state index in [1.807, 2.05) is 19.1 Å². The molecule has 2 rings (SSSR count). The molecule has 0 saturated carbocycles. The number of methoxy groups -OCH3 is 1. The Morgan fingerprint density at radius 2 is 1.95 bits per heavy atom. The van der Waals surface area contributed by atoms with Gasteiger partial charge in [0.15, 0.2) is 0 Å². The molecule has 1 aromatic heterocycles. The molecule has 0 amide bonds. The third kappa shape index (κ3) is 4.24. The van der Waals surface area contributed by atoms with Crippen molar-refractivity contribution < 1.29 is 4.74 Å². The van der Waals surface area contributed by atoms with Gasteiger partial charge in [0.05, 0.1) is 12.8 Å². The largest absolute Gasteiger partial charge is 0.495 e. The lowest BCUT2D eigenvalue weighted by atomic mass is 10.2. The van der Waals surface area contributed by atoms with Gasteiger partial charge in [0.25, 0.3) is 0 Å². The van der Waals surface area contributed by atoms with Gasteiger partial charge < -0.3 is 15.4 Å². The fraction of sp³-hybridized carbons (Fsp3) is 0.375. The Hall–Kier alpha value is -2.01. The number of aromatic nitrogens is 2. The normalized spacial score (nSPS) is 11.9. The zero-order valence-electron chi connectivity index (χ0n) is 13.3. The number of anilines is 3. The maximum atomic E-state index is 6.05. The van der Waals surface area contributed by atoms with Gasteiger partial charge >= 0.3 is 0 Å². The summed E-state index contributed by atoms with van der Waals surface area (Å²) in [5, 5.41) is 7.22. The van der Waals surface area contributed by atoms with E-state index >= 15 is 0 Å². The molecular weight excluding hydrogens is 300 g/mol. The minimum absolute atomic E-state index is 0.350. The molecule has 22 heavy (non-hydrogen) atoms. The Balaban J connectivity index is 2.28. The number of nitrogens with zero attached hydrogens (tertiary/aromatic N) is 2. The monoisotopic (exact) mass is 320 g/mol. The van der Waals surface area contributed by atoms with Crippen LogP contribution in [0, 0.1) is 6.92 Å². The number of hydrogen-bond acceptors (Lipinski definition) is 5. The van der Waals surface area contributed by atoms with Crippen molar-refractivity contribution >= 4 is 28.9 Å². The molecule has 0 radical (unpaired) electrons. The number of ether oxygens (including phenoxy) is 1. The third-order valence-electron chi connectivity index (χ3n) is 3.27. The van der Waals surface area contributed by atoms with Crippen molar-refractivity contribution in [3.05, 3.63) is 35.1 Å². The van der Waals surface area contributed by atoms with Crippen LogP contribution in [-0.2, 0) is 0 Å². The lowest BCUT2D eigenvalue weighted by molar-refractivity contribution is 0.417. The second-order valence-corrected chi connectivity index (χ2v) is 5.55. The number of nitrogens with one attached hydrogen (secondary N) is 2. The molecule has 0 spiro atoms. The molecule has 5 nitrogen and oxygen atoms in total. The highest BCUT2D eigenvalue weighted by molar-refractivity contribution is 6.31. The zero-order valence-corrected chi connectivity index (χ0v) is 14.0. The summed E-state index contributed by atoms with van der Waals surface area (Å²) >= 11 is 6.05. The van der Waals surface area contributed by atoms with E-state index in [4.69, 9.17) is 16.3 Å². The Morgan fingerprint density at radius 3 is 2.64 bits per heavy atom. The van der Waals surface area contributed by atoms with Crippen molar-refractivity contribution in [2.24, 2.45) is 0 Å². The maximum absolute atomic E-state index is 6.05. The number of hydrogen-bond donors (Lipinski definition) is 2. The van der Waals surface area contributed by atoms with Crippen LogP contribution < -0.4 is 15.4 Å². The highest BCUT2D eigenvalue weighted by Crippen LogP contribution is 2.30. The first kappa shape index (κ1) is 16.4. The van der Waals surface area contributed by atoms with Crippen molar-refractivity contribution in [3.8, 4) is 5.75 Å². The van der Waals surface area contributed by atoms with Crippen molar-refractivity contribution in [1.82, 2.24) is 9.97 Å². The fourth-order valence-corrected chi connectivity index (χ4v) is 2.15. The molecule has 0 aliphatic carbocycles. The molecule has 0 aliphatic rings. The molecule has 0 saturated heterocycles. The van der Waals surface area contributed by atoms with Gasteiger partial charge in [-0.05, 0) is 38.5 Å². The average molecular weight is 321 g/mol. The summed E-state index contributed by atoms with van der Waals surface area (Å²) in [7, 11) is 1.62. The van der Waals surface area contributed by atoms with Gasteiger partial charge in [-0.2, -0.15) is 0 Å². The topological polar surface area (TPSA) is 59.1 Å². The second kappa shape index (κ2) is 7.31. The summed E-state index contributed by atoms with van der Waals surface area (Å²) in [4.78, 5) is 8.81. The minimum atomic E-state index is 0.350. The summed E-state index contributed by atoms with van der Waals surface area (Å²) in [6, 6.07) is 7.63. The molecular formula is C16H21ClN4O. The van der Waals surface area contributed by atoms with Crippen LogP contribution in [0.25, 0.3) is 0 Å². The van der Waals surface area contributed by atoms with Crippen molar-refractivity contribution in [2.45, 2.75) is 33.2 Å². The van der Waals surface area contributed by atoms with Gasteiger partial charge in [0.1, 0.15) is 23.2 Å². The van der Waals surface area contributed by atoms with E-state index in [1.54, 1.807) is 19.2 Å². The van der Waals surface area contributed by atoms with Crippen LogP contribution >= 0.6 is 11.6 Å². The van der Waals surface area contributed by atoms with E-state index in [0.717, 1.165) is 17.9 Å². The first-order valence-corrected chi connectivity index (χ1v) is 7.62. The summed E-state index contributed by atoms with van der Waals surface area (Å²) in [6.07, 6.45) is 1.02. The van der Waals surface area contributed by atoms with Crippen LogP contribution in [0.2, 0.25) is 5.02 Å². The van der Waals surface area contributed by atoms with Gasteiger partial charge in [-0.25, -0.2) is 9.97 Å².